The molecule has 2 aliphatic rings. The number of likely N-dealkylation sites (tertiary alicyclic amines) is 1. The molecule has 30 heavy (non-hydrogen) atoms. The highest BCUT2D eigenvalue weighted by Crippen LogP contribution is 2.09. The number of aliphatic imine (C=N–C) groups is 1. The summed E-state index contributed by atoms with van der Waals surface area (Å²) in [6.07, 6.45) is 2.27. The molecular formula is C22H35N5O2S. The van der Waals surface area contributed by atoms with Gasteiger partial charge in [-0.3, -0.25) is 18.9 Å². The molecule has 0 aromatic heterocycles. The number of nitrogens with zero attached hydrogens (tertiary/aromatic N) is 4. The smallest absolute Gasteiger partial charge is 0.236 e. The van der Waals surface area contributed by atoms with Crippen LogP contribution in [0.15, 0.2) is 35.3 Å². The molecule has 1 amide bonds. The molecule has 2 saturated heterocycles. The van der Waals surface area contributed by atoms with Crippen molar-refractivity contribution >= 4 is 22.7 Å². The monoisotopic (exact) mass is 433 g/mol. The second-order valence-electron chi connectivity index (χ2n) is 7.86. The molecule has 0 bridgehead atoms. The molecule has 7 nitrogen and oxygen atoms in total. The van der Waals surface area contributed by atoms with Gasteiger partial charge in [-0.25, -0.2) is 0 Å². The van der Waals surface area contributed by atoms with Crippen molar-refractivity contribution in [2.75, 3.05) is 64.7 Å². The highest BCUT2D eigenvalue weighted by Gasteiger charge is 2.24. The Labute approximate surface area is 183 Å². The number of piperazine rings is 1. The lowest BCUT2D eigenvalue weighted by Gasteiger charge is -2.36. The van der Waals surface area contributed by atoms with Crippen molar-refractivity contribution < 1.29 is 9.00 Å². The van der Waals surface area contributed by atoms with Crippen molar-refractivity contribution in [1.29, 1.82) is 0 Å². The van der Waals surface area contributed by atoms with Crippen LogP contribution in [0.5, 0.6) is 0 Å². The molecular weight excluding hydrogens is 398 g/mol. The SMILES string of the molecule is CCNC(=NCCS(=O)Cc1ccccc1)N1CCN(CC(=O)N2CCCC2)CC1. The van der Waals surface area contributed by atoms with Crippen LogP contribution in [0.3, 0.4) is 0 Å². The largest absolute Gasteiger partial charge is 0.357 e. The predicted molar refractivity (Wildman–Crippen MR) is 123 cm³/mol. The van der Waals surface area contributed by atoms with Gasteiger partial charge in [0.1, 0.15) is 0 Å². The molecule has 8 heteroatoms. The molecule has 2 fully saturated rings. The fourth-order valence-electron chi connectivity index (χ4n) is 3.89. The Balaban J connectivity index is 1.43. The molecule has 1 N–H and O–H groups in total. The second kappa shape index (κ2) is 12.1. The average molecular weight is 434 g/mol. The lowest BCUT2D eigenvalue weighted by molar-refractivity contribution is -0.131. The Kier molecular flexibility index (Phi) is 9.14. The predicted octanol–water partition coefficient (Wildman–Crippen LogP) is 1.14. The number of guanidine groups is 1. The maximum Gasteiger partial charge on any atom is 0.236 e. The fourth-order valence-corrected chi connectivity index (χ4v) is 4.89. The van der Waals surface area contributed by atoms with E-state index in [1.807, 2.05) is 35.2 Å². The van der Waals surface area contributed by atoms with E-state index >= 15 is 0 Å². The van der Waals surface area contributed by atoms with E-state index in [0.29, 0.717) is 24.6 Å². The summed E-state index contributed by atoms with van der Waals surface area (Å²) in [5.74, 6) is 2.30. The topological polar surface area (TPSA) is 68.2 Å². The van der Waals surface area contributed by atoms with E-state index in [1.54, 1.807) is 0 Å². The van der Waals surface area contributed by atoms with Crippen LogP contribution in [0.2, 0.25) is 0 Å². The van der Waals surface area contributed by atoms with E-state index in [-0.39, 0.29) is 5.91 Å². The Hall–Kier alpha value is -1.93. The summed E-state index contributed by atoms with van der Waals surface area (Å²) in [6, 6.07) is 9.96. The summed E-state index contributed by atoms with van der Waals surface area (Å²) < 4.78 is 12.3. The maximum absolute atomic E-state index is 12.4. The number of hydrogen-bond acceptors (Lipinski definition) is 4. The molecule has 0 saturated carbocycles. The third kappa shape index (κ3) is 7.09. The second-order valence-corrected chi connectivity index (χ2v) is 9.44. The lowest BCUT2D eigenvalue weighted by atomic mass is 10.2. The number of amides is 1. The van der Waals surface area contributed by atoms with Crippen molar-refractivity contribution in [3.63, 3.8) is 0 Å². The number of rotatable bonds is 8. The third-order valence-electron chi connectivity index (χ3n) is 5.58. The zero-order valence-electron chi connectivity index (χ0n) is 18.1. The van der Waals surface area contributed by atoms with E-state index in [1.165, 1.54) is 0 Å². The van der Waals surface area contributed by atoms with Crippen LogP contribution in [-0.2, 0) is 21.3 Å². The van der Waals surface area contributed by atoms with Crippen LogP contribution in [0.25, 0.3) is 0 Å². The van der Waals surface area contributed by atoms with Crippen LogP contribution in [-0.4, -0.2) is 95.4 Å². The van der Waals surface area contributed by atoms with Gasteiger partial charge in [0.25, 0.3) is 0 Å². The molecule has 0 aliphatic carbocycles. The minimum atomic E-state index is -0.914. The lowest BCUT2D eigenvalue weighted by Crippen LogP contribution is -2.54. The van der Waals surface area contributed by atoms with Crippen LogP contribution in [0, 0.1) is 0 Å². The average Bonchev–Trinajstić information content (AvgIpc) is 3.30. The zero-order valence-corrected chi connectivity index (χ0v) is 18.9. The number of benzene rings is 1. The van der Waals surface area contributed by atoms with Gasteiger partial charge in [-0.15, -0.1) is 0 Å². The highest BCUT2D eigenvalue weighted by molar-refractivity contribution is 7.84. The number of nitrogens with one attached hydrogen (secondary N) is 1. The van der Waals surface area contributed by atoms with Crippen molar-refractivity contribution in [2.24, 2.45) is 4.99 Å². The first kappa shape index (κ1) is 22.7. The zero-order chi connectivity index (χ0) is 21.2. The molecule has 166 valence electrons. The first-order valence-corrected chi connectivity index (χ1v) is 12.6. The Morgan fingerprint density at radius 2 is 1.73 bits per heavy atom. The van der Waals surface area contributed by atoms with Gasteiger partial charge >= 0.3 is 0 Å². The van der Waals surface area contributed by atoms with Gasteiger partial charge in [-0.05, 0) is 25.3 Å². The van der Waals surface area contributed by atoms with E-state index in [4.69, 9.17) is 4.99 Å². The Morgan fingerprint density at radius 3 is 2.40 bits per heavy atom. The van der Waals surface area contributed by atoms with E-state index in [9.17, 15) is 9.00 Å². The maximum atomic E-state index is 12.4. The third-order valence-corrected chi connectivity index (χ3v) is 6.87. The van der Waals surface area contributed by atoms with Gasteiger partial charge in [0.2, 0.25) is 5.91 Å². The molecule has 2 aliphatic heterocycles. The van der Waals surface area contributed by atoms with Crippen molar-refractivity contribution in [3.05, 3.63) is 35.9 Å². The Bertz CT molecular complexity index is 713. The van der Waals surface area contributed by atoms with Crippen LogP contribution in [0.4, 0.5) is 0 Å². The first-order valence-electron chi connectivity index (χ1n) is 11.1. The van der Waals surface area contributed by atoms with Crippen molar-refractivity contribution in [3.8, 4) is 0 Å². The van der Waals surface area contributed by atoms with Gasteiger partial charge in [0.05, 0.1) is 13.1 Å². The van der Waals surface area contributed by atoms with E-state index < -0.39 is 10.8 Å². The minimum absolute atomic E-state index is 0.266. The molecule has 1 unspecified atom stereocenters. The molecule has 0 radical (unpaired) electrons. The van der Waals surface area contributed by atoms with Gasteiger partial charge in [-0.1, -0.05) is 30.3 Å². The quantitative estimate of drug-likeness (QED) is 0.492. The van der Waals surface area contributed by atoms with Crippen LogP contribution >= 0.6 is 0 Å². The van der Waals surface area contributed by atoms with Crippen LogP contribution < -0.4 is 5.32 Å². The number of carbonyl (C=O) groups excluding carboxylic acids is 1. The molecule has 3 rings (SSSR count). The van der Waals surface area contributed by atoms with Crippen LogP contribution in [0.1, 0.15) is 25.3 Å². The molecule has 1 aromatic carbocycles. The van der Waals surface area contributed by atoms with Crippen molar-refractivity contribution in [2.45, 2.75) is 25.5 Å². The van der Waals surface area contributed by atoms with Gasteiger partial charge in [0, 0.05) is 68.1 Å². The highest BCUT2D eigenvalue weighted by atomic mass is 32.2. The summed E-state index contributed by atoms with van der Waals surface area (Å²) in [5, 5.41) is 3.36. The molecule has 2 heterocycles. The summed E-state index contributed by atoms with van der Waals surface area (Å²) in [5.41, 5.74) is 1.10. The van der Waals surface area contributed by atoms with Gasteiger partial charge in [0.15, 0.2) is 5.96 Å². The number of hydrogen-bond donors (Lipinski definition) is 1. The van der Waals surface area contributed by atoms with Crippen molar-refractivity contribution in [1.82, 2.24) is 20.0 Å². The number of carbonyl (C=O) groups is 1. The Morgan fingerprint density at radius 1 is 1.03 bits per heavy atom. The van der Waals surface area contributed by atoms with E-state index in [2.05, 4.69) is 22.0 Å². The van der Waals surface area contributed by atoms with Gasteiger partial charge in [-0.2, -0.15) is 0 Å². The van der Waals surface area contributed by atoms with E-state index in [0.717, 1.165) is 70.2 Å². The summed E-state index contributed by atoms with van der Waals surface area (Å²) in [4.78, 5) is 23.6. The van der Waals surface area contributed by atoms with Gasteiger partial charge < -0.3 is 15.1 Å². The summed E-state index contributed by atoms with van der Waals surface area (Å²) >= 11 is 0. The molecule has 1 aromatic rings. The fraction of sp³-hybridized carbons (Fsp3) is 0.636. The molecule has 1 atom stereocenters. The first-order chi connectivity index (χ1) is 14.7. The molecule has 0 spiro atoms. The standard InChI is InChI=1S/C22H35N5O2S/c1-2-23-22(24-10-17-30(29)19-20-8-4-3-5-9-20)27-15-13-25(14-16-27)18-21(28)26-11-6-7-12-26/h3-5,8-9H,2,6-7,10-19H2,1H3,(H,23,24). The normalized spacial score (nSPS) is 19.2. The summed E-state index contributed by atoms with van der Waals surface area (Å²) in [7, 11) is -0.914. The minimum Gasteiger partial charge on any atom is -0.357 e. The summed E-state index contributed by atoms with van der Waals surface area (Å²) in [6.45, 7) is 9.22.